The average Bonchev–Trinajstić information content (AvgIpc) is 2.49. The third-order valence-corrected chi connectivity index (χ3v) is 3.84. The van der Waals surface area contributed by atoms with Crippen LogP contribution in [-0.4, -0.2) is 46.7 Å². The van der Waals surface area contributed by atoms with E-state index in [4.69, 9.17) is 11.6 Å². The van der Waals surface area contributed by atoms with E-state index in [9.17, 15) is 9.90 Å². The summed E-state index contributed by atoms with van der Waals surface area (Å²) in [6.45, 7) is 7.41. The van der Waals surface area contributed by atoms with E-state index >= 15 is 0 Å². The van der Waals surface area contributed by atoms with Gasteiger partial charge in [0.05, 0.1) is 18.0 Å². The topological polar surface area (TPSA) is 78.4 Å². The summed E-state index contributed by atoms with van der Waals surface area (Å²) in [5.74, 6) is 0.597. The maximum Gasteiger partial charge on any atom is 0.224 e. The number of benzene rings is 1. The highest BCUT2D eigenvalue weighted by Crippen LogP contribution is 2.26. The van der Waals surface area contributed by atoms with Crippen LogP contribution in [0.15, 0.2) is 18.2 Å². The smallest absolute Gasteiger partial charge is 0.224 e. The third kappa shape index (κ3) is 4.79. The van der Waals surface area contributed by atoms with E-state index in [0.29, 0.717) is 13.1 Å². The van der Waals surface area contributed by atoms with E-state index in [1.807, 2.05) is 36.9 Å². The lowest BCUT2D eigenvalue weighted by atomic mass is 10.1. The van der Waals surface area contributed by atoms with Gasteiger partial charge in [-0.15, -0.1) is 0 Å². The van der Waals surface area contributed by atoms with Crippen LogP contribution in [0.25, 0.3) is 10.9 Å². The Morgan fingerprint density at radius 1 is 1.42 bits per heavy atom. The Bertz CT molecular complexity index is 716. The number of hydrogen-bond donors (Lipinski definition) is 2. The van der Waals surface area contributed by atoms with Gasteiger partial charge >= 0.3 is 0 Å². The fraction of sp³-hybridized carbons (Fsp3) is 0.471. The molecule has 0 saturated carbocycles. The summed E-state index contributed by atoms with van der Waals surface area (Å²) in [4.78, 5) is 22.3. The van der Waals surface area contributed by atoms with Gasteiger partial charge in [-0.2, -0.15) is 4.98 Å². The lowest BCUT2D eigenvalue weighted by Crippen LogP contribution is -2.36. The van der Waals surface area contributed by atoms with Crippen molar-refractivity contribution in [2.45, 2.75) is 33.3 Å². The largest absolute Gasteiger partial charge is 0.393 e. The number of nitrogens with zero attached hydrogens (tertiary/aromatic N) is 3. The number of aromatic nitrogens is 2. The van der Waals surface area contributed by atoms with Gasteiger partial charge in [0.25, 0.3) is 0 Å². The quantitative estimate of drug-likeness (QED) is 0.749. The molecule has 0 spiro atoms. The first-order valence-electron chi connectivity index (χ1n) is 8.04. The average molecular weight is 351 g/mol. The van der Waals surface area contributed by atoms with E-state index in [1.165, 1.54) is 0 Å². The Morgan fingerprint density at radius 3 is 2.83 bits per heavy atom. The van der Waals surface area contributed by atoms with Crippen LogP contribution in [0, 0.1) is 6.92 Å². The van der Waals surface area contributed by atoms with E-state index in [-0.39, 0.29) is 17.6 Å². The second-order valence-corrected chi connectivity index (χ2v) is 6.16. The molecule has 0 aliphatic heterocycles. The molecule has 0 bridgehead atoms. The van der Waals surface area contributed by atoms with Gasteiger partial charge < -0.3 is 15.3 Å². The van der Waals surface area contributed by atoms with Gasteiger partial charge in [-0.05, 0) is 50.1 Å². The normalized spacial score (nSPS) is 12.2. The molecule has 24 heavy (non-hydrogen) atoms. The van der Waals surface area contributed by atoms with Crippen LogP contribution in [0.4, 0.5) is 5.82 Å². The van der Waals surface area contributed by atoms with Crippen molar-refractivity contribution in [1.29, 1.82) is 0 Å². The molecule has 0 aliphatic carbocycles. The van der Waals surface area contributed by atoms with Gasteiger partial charge in [0.15, 0.2) is 0 Å². The molecule has 130 valence electrons. The number of fused-ring (bicyclic) bond motifs is 1. The van der Waals surface area contributed by atoms with Crippen LogP contribution >= 0.6 is 11.6 Å². The van der Waals surface area contributed by atoms with Gasteiger partial charge in [-0.1, -0.05) is 6.07 Å². The zero-order valence-corrected chi connectivity index (χ0v) is 15.0. The summed E-state index contributed by atoms with van der Waals surface area (Å²) in [5, 5.41) is 13.2. The molecule has 1 amide bonds. The molecule has 6 nitrogen and oxygen atoms in total. The molecular formula is C17H23ClN4O2. The van der Waals surface area contributed by atoms with Crippen LogP contribution < -0.4 is 10.2 Å². The van der Waals surface area contributed by atoms with Crippen LogP contribution in [0.2, 0.25) is 5.28 Å². The molecular weight excluding hydrogens is 328 g/mol. The minimum Gasteiger partial charge on any atom is -0.393 e. The number of aliphatic hydroxyl groups is 1. The summed E-state index contributed by atoms with van der Waals surface area (Å²) in [5.41, 5.74) is 1.92. The van der Waals surface area contributed by atoms with Crippen molar-refractivity contribution in [3.05, 3.63) is 29.0 Å². The minimum absolute atomic E-state index is 0.105. The standard InChI is InChI=1S/C17H23ClN4O2/c1-4-22(8-7-19-15(24)10-12(3)23)16-13-6-5-11(2)9-14(13)20-17(18)21-16/h5-6,9,12,23H,4,7-8,10H2,1-3H3,(H,19,24). The van der Waals surface area contributed by atoms with Crippen molar-refractivity contribution in [3.8, 4) is 0 Å². The fourth-order valence-corrected chi connectivity index (χ4v) is 2.69. The highest BCUT2D eigenvalue weighted by atomic mass is 35.5. The molecule has 1 heterocycles. The van der Waals surface area contributed by atoms with E-state index < -0.39 is 6.10 Å². The predicted molar refractivity (Wildman–Crippen MR) is 96.5 cm³/mol. The number of amides is 1. The summed E-state index contributed by atoms with van der Waals surface area (Å²) in [6.07, 6.45) is -0.534. The maximum atomic E-state index is 11.6. The summed E-state index contributed by atoms with van der Waals surface area (Å²) >= 11 is 6.07. The number of hydrogen-bond acceptors (Lipinski definition) is 5. The van der Waals surface area contributed by atoms with Gasteiger partial charge in [0.2, 0.25) is 11.2 Å². The zero-order chi connectivity index (χ0) is 17.7. The Hall–Kier alpha value is -1.92. The summed E-state index contributed by atoms with van der Waals surface area (Å²) in [7, 11) is 0. The van der Waals surface area contributed by atoms with Gasteiger partial charge in [-0.3, -0.25) is 4.79 Å². The fourth-order valence-electron chi connectivity index (χ4n) is 2.52. The van der Waals surface area contributed by atoms with Gasteiger partial charge in [0, 0.05) is 25.0 Å². The number of carbonyl (C=O) groups is 1. The molecule has 2 N–H and O–H groups in total. The SMILES string of the molecule is CCN(CCNC(=O)CC(C)O)c1nc(Cl)nc2cc(C)ccc12. The molecule has 2 aromatic rings. The lowest BCUT2D eigenvalue weighted by Gasteiger charge is -2.23. The number of likely N-dealkylation sites (N-methyl/N-ethyl adjacent to an activating group) is 1. The number of nitrogens with one attached hydrogen (secondary N) is 1. The second kappa shape index (κ2) is 8.26. The minimum atomic E-state index is -0.639. The van der Waals surface area contributed by atoms with Crippen molar-refractivity contribution in [2.24, 2.45) is 0 Å². The monoisotopic (exact) mass is 350 g/mol. The number of anilines is 1. The number of aliphatic hydroxyl groups excluding tert-OH is 1. The Balaban J connectivity index is 2.15. The molecule has 1 unspecified atom stereocenters. The number of rotatable bonds is 7. The van der Waals surface area contributed by atoms with Crippen molar-refractivity contribution < 1.29 is 9.90 Å². The number of aryl methyl sites for hydroxylation is 1. The maximum absolute atomic E-state index is 11.6. The van der Waals surface area contributed by atoms with Gasteiger partial charge in [-0.25, -0.2) is 4.98 Å². The van der Waals surface area contributed by atoms with Crippen molar-refractivity contribution in [3.63, 3.8) is 0 Å². The van der Waals surface area contributed by atoms with Crippen molar-refractivity contribution in [1.82, 2.24) is 15.3 Å². The van der Waals surface area contributed by atoms with Crippen molar-refractivity contribution in [2.75, 3.05) is 24.5 Å². The zero-order valence-electron chi connectivity index (χ0n) is 14.2. The first-order valence-corrected chi connectivity index (χ1v) is 8.42. The third-order valence-electron chi connectivity index (χ3n) is 3.67. The van der Waals surface area contributed by atoms with Crippen LogP contribution in [0.1, 0.15) is 25.8 Å². The van der Waals surface area contributed by atoms with Crippen LogP contribution in [0.3, 0.4) is 0 Å². The highest BCUT2D eigenvalue weighted by Gasteiger charge is 2.14. The molecule has 0 saturated heterocycles. The molecule has 2 rings (SSSR count). The Kier molecular flexibility index (Phi) is 6.34. The van der Waals surface area contributed by atoms with E-state index in [2.05, 4.69) is 15.3 Å². The summed E-state index contributed by atoms with van der Waals surface area (Å²) in [6, 6.07) is 5.98. The predicted octanol–water partition coefficient (Wildman–Crippen LogP) is 2.31. The Morgan fingerprint density at radius 2 is 2.17 bits per heavy atom. The van der Waals surface area contributed by atoms with Gasteiger partial charge in [0.1, 0.15) is 5.82 Å². The van der Waals surface area contributed by atoms with E-state index in [1.54, 1.807) is 6.92 Å². The van der Waals surface area contributed by atoms with Crippen LogP contribution in [0.5, 0.6) is 0 Å². The molecule has 0 aliphatic rings. The molecule has 0 radical (unpaired) electrons. The lowest BCUT2D eigenvalue weighted by molar-refractivity contribution is -0.122. The van der Waals surface area contributed by atoms with Crippen molar-refractivity contribution >= 4 is 34.2 Å². The molecule has 0 fully saturated rings. The number of carbonyl (C=O) groups excluding carboxylic acids is 1. The van der Waals surface area contributed by atoms with E-state index in [0.717, 1.165) is 28.8 Å². The second-order valence-electron chi connectivity index (χ2n) is 5.82. The Labute approximate surface area is 146 Å². The number of halogens is 1. The molecule has 1 atom stereocenters. The molecule has 1 aromatic carbocycles. The highest BCUT2D eigenvalue weighted by molar-refractivity contribution is 6.28. The first-order chi connectivity index (χ1) is 11.4. The first kappa shape index (κ1) is 18.4. The van der Waals surface area contributed by atoms with Crippen LogP contribution in [-0.2, 0) is 4.79 Å². The molecule has 7 heteroatoms. The summed E-state index contributed by atoms with van der Waals surface area (Å²) < 4.78 is 0. The molecule has 1 aromatic heterocycles.